The molecule has 2 aliphatic rings. The monoisotopic (exact) mass is 419 g/mol. The van der Waals surface area contributed by atoms with Crippen molar-refractivity contribution in [1.29, 1.82) is 0 Å². The number of urea groups is 1. The molecule has 156 valence electrons. The number of carbonyl (C=O) groups excluding carboxylic acids is 2. The first kappa shape index (κ1) is 19.9. The number of rotatable bonds is 3. The van der Waals surface area contributed by atoms with E-state index in [4.69, 9.17) is 0 Å². The van der Waals surface area contributed by atoms with Crippen LogP contribution in [-0.2, 0) is 17.5 Å². The molecule has 0 fully saturated rings. The van der Waals surface area contributed by atoms with E-state index in [1.54, 1.807) is 12.1 Å². The standard InChI is InChI=1S/C21H17F4N3O2/c1-27-16-11-28(10-12-2-8-15(22)9-3-12)19(29)17(16)18(26-20(27)30)13-4-6-14(7-5-13)21(23,24)25/h2-9,18H,10-11H2,1H3,(H,26,30). The molecule has 0 radical (unpaired) electrons. The van der Waals surface area contributed by atoms with E-state index in [1.165, 1.54) is 41.1 Å². The van der Waals surface area contributed by atoms with E-state index in [2.05, 4.69) is 5.32 Å². The van der Waals surface area contributed by atoms with Crippen LogP contribution in [0.15, 0.2) is 59.8 Å². The maximum absolute atomic E-state index is 13.1. The van der Waals surface area contributed by atoms with E-state index in [0.29, 0.717) is 16.8 Å². The molecular formula is C21H17F4N3O2. The summed E-state index contributed by atoms with van der Waals surface area (Å²) in [6.45, 7) is 0.389. The molecule has 0 saturated carbocycles. The highest BCUT2D eigenvalue weighted by Crippen LogP contribution is 2.37. The molecule has 1 atom stereocenters. The minimum atomic E-state index is -4.48. The maximum Gasteiger partial charge on any atom is 0.416 e. The molecular weight excluding hydrogens is 402 g/mol. The summed E-state index contributed by atoms with van der Waals surface area (Å²) in [5.74, 6) is -0.716. The molecule has 1 unspecified atom stereocenters. The molecule has 3 amide bonds. The number of nitrogens with zero attached hydrogens (tertiary/aromatic N) is 2. The molecule has 0 aliphatic carbocycles. The lowest BCUT2D eigenvalue weighted by Gasteiger charge is -2.31. The lowest BCUT2D eigenvalue weighted by atomic mass is 9.95. The quantitative estimate of drug-likeness (QED) is 0.769. The normalized spacial score (nSPS) is 19.3. The van der Waals surface area contributed by atoms with Crippen molar-refractivity contribution in [3.05, 3.63) is 82.3 Å². The second-order valence-corrected chi connectivity index (χ2v) is 7.21. The Morgan fingerprint density at radius 2 is 1.67 bits per heavy atom. The van der Waals surface area contributed by atoms with Crippen LogP contribution in [0.3, 0.4) is 0 Å². The minimum Gasteiger partial charge on any atom is -0.329 e. The highest BCUT2D eigenvalue weighted by molar-refractivity contribution is 6.01. The van der Waals surface area contributed by atoms with Gasteiger partial charge in [-0.2, -0.15) is 13.2 Å². The summed E-state index contributed by atoms with van der Waals surface area (Å²) in [6.07, 6.45) is -4.48. The molecule has 2 heterocycles. The van der Waals surface area contributed by atoms with Gasteiger partial charge in [0.1, 0.15) is 5.82 Å². The average Bonchev–Trinajstić information content (AvgIpc) is 3.02. The van der Waals surface area contributed by atoms with Crippen LogP contribution in [0.2, 0.25) is 0 Å². The van der Waals surface area contributed by atoms with E-state index in [-0.39, 0.29) is 24.8 Å². The number of alkyl halides is 3. The highest BCUT2D eigenvalue weighted by atomic mass is 19.4. The van der Waals surface area contributed by atoms with Gasteiger partial charge in [0.25, 0.3) is 5.91 Å². The van der Waals surface area contributed by atoms with Gasteiger partial charge in [0.2, 0.25) is 0 Å². The molecule has 5 nitrogen and oxygen atoms in total. The third-order valence-electron chi connectivity index (χ3n) is 5.29. The Morgan fingerprint density at radius 1 is 1.03 bits per heavy atom. The van der Waals surface area contributed by atoms with Gasteiger partial charge in [-0.15, -0.1) is 0 Å². The Hall–Kier alpha value is -3.36. The van der Waals surface area contributed by atoms with Crippen LogP contribution < -0.4 is 5.32 Å². The fraction of sp³-hybridized carbons (Fsp3) is 0.238. The molecule has 1 N–H and O–H groups in total. The van der Waals surface area contributed by atoms with Gasteiger partial charge < -0.3 is 10.2 Å². The number of likely N-dealkylation sites (N-methyl/N-ethyl adjacent to an activating group) is 1. The molecule has 0 saturated heterocycles. The Kier molecular flexibility index (Phi) is 4.76. The first-order valence-corrected chi connectivity index (χ1v) is 9.13. The van der Waals surface area contributed by atoms with Gasteiger partial charge in [0.15, 0.2) is 0 Å². The number of nitrogens with one attached hydrogen (secondary N) is 1. The van der Waals surface area contributed by atoms with Gasteiger partial charge in [-0.25, -0.2) is 9.18 Å². The van der Waals surface area contributed by atoms with Gasteiger partial charge in [-0.05, 0) is 35.4 Å². The summed E-state index contributed by atoms with van der Waals surface area (Å²) in [5.41, 5.74) is 1.11. The molecule has 2 aromatic carbocycles. The SMILES string of the molecule is CN1C(=O)NC(c2ccc(C(F)(F)F)cc2)C2=C1CN(Cc1ccc(F)cc1)C2=O. The number of halogens is 4. The van der Waals surface area contributed by atoms with Crippen molar-refractivity contribution in [3.8, 4) is 0 Å². The van der Waals surface area contributed by atoms with Crippen molar-refractivity contribution in [1.82, 2.24) is 15.1 Å². The molecule has 0 aromatic heterocycles. The summed E-state index contributed by atoms with van der Waals surface area (Å²) in [6, 6.07) is 8.81. The molecule has 4 rings (SSSR count). The first-order valence-electron chi connectivity index (χ1n) is 9.13. The van der Waals surface area contributed by atoms with Gasteiger partial charge in [0, 0.05) is 13.6 Å². The number of amides is 3. The largest absolute Gasteiger partial charge is 0.416 e. The van der Waals surface area contributed by atoms with Crippen LogP contribution in [0.25, 0.3) is 0 Å². The Balaban J connectivity index is 1.64. The van der Waals surface area contributed by atoms with Crippen LogP contribution in [0.1, 0.15) is 22.7 Å². The fourth-order valence-electron chi connectivity index (χ4n) is 3.68. The summed E-state index contributed by atoms with van der Waals surface area (Å²) >= 11 is 0. The second-order valence-electron chi connectivity index (χ2n) is 7.21. The highest BCUT2D eigenvalue weighted by Gasteiger charge is 2.43. The molecule has 2 aromatic rings. The lowest BCUT2D eigenvalue weighted by molar-refractivity contribution is -0.137. The van der Waals surface area contributed by atoms with Crippen LogP contribution in [0.4, 0.5) is 22.4 Å². The van der Waals surface area contributed by atoms with E-state index < -0.39 is 23.8 Å². The topological polar surface area (TPSA) is 52.7 Å². The zero-order chi connectivity index (χ0) is 21.6. The third kappa shape index (κ3) is 3.51. The van der Waals surface area contributed by atoms with E-state index in [1.807, 2.05) is 0 Å². The van der Waals surface area contributed by atoms with Crippen LogP contribution in [0, 0.1) is 5.82 Å². The van der Waals surface area contributed by atoms with Gasteiger partial charge in [-0.1, -0.05) is 24.3 Å². The Labute approximate surface area is 169 Å². The van der Waals surface area contributed by atoms with Crippen molar-refractivity contribution in [3.63, 3.8) is 0 Å². The third-order valence-corrected chi connectivity index (χ3v) is 5.29. The summed E-state index contributed by atoms with van der Waals surface area (Å²) in [5, 5.41) is 2.69. The van der Waals surface area contributed by atoms with Crippen LogP contribution >= 0.6 is 0 Å². The molecule has 0 bridgehead atoms. The smallest absolute Gasteiger partial charge is 0.329 e. The van der Waals surface area contributed by atoms with Crippen molar-refractivity contribution in [2.45, 2.75) is 18.8 Å². The van der Waals surface area contributed by atoms with Crippen molar-refractivity contribution in [2.75, 3.05) is 13.6 Å². The molecule has 2 aliphatic heterocycles. The Morgan fingerprint density at radius 3 is 2.27 bits per heavy atom. The van der Waals surface area contributed by atoms with Gasteiger partial charge in [-0.3, -0.25) is 9.69 Å². The number of benzene rings is 2. The average molecular weight is 419 g/mol. The predicted molar refractivity (Wildman–Crippen MR) is 99.3 cm³/mol. The lowest BCUT2D eigenvalue weighted by Crippen LogP contribution is -2.45. The number of carbonyl (C=O) groups is 2. The zero-order valence-electron chi connectivity index (χ0n) is 15.8. The summed E-state index contributed by atoms with van der Waals surface area (Å²) in [4.78, 5) is 28.3. The van der Waals surface area contributed by atoms with Gasteiger partial charge in [0.05, 0.1) is 29.4 Å². The second kappa shape index (κ2) is 7.16. The van der Waals surface area contributed by atoms with Crippen molar-refractivity contribution >= 4 is 11.9 Å². The Bertz CT molecular complexity index is 1030. The molecule has 30 heavy (non-hydrogen) atoms. The van der Waals surface area contributed by atoms with Crippen LogP contribution in [-0.4, -0.2) is 35.3 Å². The maximum atomic E-state index is 13.1. The molecule has 9 heteroatoms. The van der Waals surface area contributed by atoms with Crippen molar-refractivity contribution < 1.29 is 27.2 Å². The van der Waals surface area contributed by atoms with Crippen LogP contribution in [0.5, 0.6) is 0 Å². The summed E-state index contributed by atoms with van der Waals surface area (Å²) < 4.78 is 51.7. The fourth-order valence-corrected chi connectivity index (χ4v) is 3.68. The van der Waals surface area contributed by atoms with Crippen molar-refractivity contribution in [2.24, 2.45) is 0 Å². The number of hydrogen-bond donors (Lipinski definition) is 1. The molecule has 0 spiro atoms. The predicted octanol–water partition coefficient (Wildman–Crippen LogP) is 3.84. The minimum absolute atomic E-state index is 0.173. The first-order chi connectivity index (χ1) is 14.1. The van der Waals surface area contributed by atoms with E-state index in [0.717, 1.165) is 17.7 Å². The zero-order valence-corrected chi connectivity index (χ0v) is 15.8. The van der Waals surface area contributed by atoms with E-state index >= 15 is 0 Å². The van der Waals surface area contributed by atoms with Gasteiger partial charge >= 0.3 is 12.2 Å². The van der Waals surface area contributed by atoms with E-state index in [9.17, 15) is 27.2 Å². The summed E-state index contributed by atoms with van der Waals surface area (Å²) in [7, 11) is 1.53. The number of hydrogen-bond acceptors (Lipinski definition) is 2.